The fourth-order valence-corrected chi connectivity index (χ4v) is 4.42. The van der Waals surface area contributed by atoms with Crippen LogP contribution in [0, 0.1) is 5.82 Å². The van der Waals surface area contributed by atoms with E-state index in [9.17, 15) is 30.8 Å². The van der Waals surface area contributed by atoms with Crippen molar-refractivity contribution in [3.05, 3.63) is 59.9 Å². The normalized spacial score (nSPS) is 18.5. The van der Waals surface area contributed by atoms with Gasteiger partial charge in [0.05, 0.1) is 4.90 Å². The summed E-state index contributed by atoms with van der Waals surface area (Å²) in [5, 5.41) is 2.16. The Kier molecular flexibility index (Phi) is 7.63. The smallest absolute Gasteiger partial charge is 0.426 e. The quantitative estimate of drug-likeness (QED) is 0.602. The molecule has 2 aromatic rings. The fraction of sp³-hybridized carbons (Fsp3) is 0.409. The van der Waals surface area contributed by atoms with Crippen LogP contribution in [0.15, 0.2) is 53.4 Å². The molecule has 1 unspecified atom stereocenters. The maximum absolute atomic E-state index is 13.6. The molecule has 33 heavy (non-hydrogen) atoms. The first-order chi connectivity index (χ1) is 15.4. The largest absolute Gasteiger partial charge is 0.435 e. The van der Waals surface area contributed by atoms with Crippen LogP contribution in [0.4, 0.5) is 28.0 Å². The highest BCUT2D eigenvalue weighted by Crippen LogP contribution is 2.31. The molecule has 0 saturated carbocycles. The second kappa shape index (κ2) is 10.1. The maximum Gasteiger partial charge on any atom is 0.426 e. The Morgan fingerprint density at radius 1 is 1.21 bits per heavy atom. The van der Waals surface area contributed by atoms with Crippen LogP contribution in [-0.2, 0) is 14.6 Å². The third-order valence-corrected chi connectivity index (χ3v) is 6.50. The number of alkyl halides is 3. The predicted molar refractivity (Wildman–Crippen MR) is 114 cm³/mol. The highest BCUT2D eigenvalue weighted by molar-refractivity contribution is 7.90. The molecule has 2 aromatic carbocycles. The van der Waals surface area contributed by atoms with Gasteiger partial charge < -0.3 is 4.74 Å². The van der Waals surface area contributed by atoms with Crippen molar-refractivity contribution in [2.24, 2.45) is 0 Å². The van der Waals surface area contributed by atoms with Gasteiger partial charge in [0.25, 0.3) is 0 Å². The van der Waals surface area contributed by atoms with E-state index in [0.717, 1.165) is 24.0 Å². The van der Waals surface area contributed by atoms with Crippen LogP contribution in [0.1, 0.15) is 24.3 Å². The predicted octanol–water partition coefficient (Wildman–Crippen LogP) is 4.59. The van der Waals surface area contributed by atoms with E-state index in [4.69, 9.17) is 0 Å². The van der Waals surface area contributed by atoms with Gasteiger partial charge in [0, 0.05) is 25.0 Å². The highest BCUT2D eigenvalue weighted by Gasteiger charge is 2.44. The van der Waals surface area contributed by atoms with Crippen LogP contribution in [-0.4, -0.2) is 57.6 Å². The lowest BCUT2D eigenvalue weighted by molar-refractivity contribution is -0.207. The second-order valence-corrected chi connectivity index (χ2v) is 10.0. The average Bonchev–Trinajstić information content (AvgIpc) is 2.74. The molecule has 0 spiro atoms. The van der Waals surface area contributed by atoms with Crippen molar-refractivity contribution in [1.29, 1.82) is 0 Å². The van der Waals surface area contributed by atoms with Gasteiger partial charge in [0.2, 0.25) is 6.10 Å². The number of hydrogen-bond donors (Lipinski definition) is 1. The summed E-state index contributed by atoms with van der Waals surface area (Å²) in [5.74, 6) is -0.703. The molecule has 11 heteroatoms. The Bertz CT molecular complexity index is 1070. The van der Waals surface area contributed by atoms with Crippen LogP contribution >= 0.6 is 0 Å². The summed E-state index contributed by atoms with van der Waals surface area (Å²) in [6.07, 6.45) is -6.03. The van der Waals surface area contributed by atoms with Gasteiger partial charge >= 0.3 is 12.3 Å². The number of piperidine rings is 1. The van der Waals surface area contributed by atoms with Gasteiger partial charge in [-0.05, 0) is 67.3 Å². The monoisotopic (exact) mass is 488 g/mol. The lowest BCUT2D eigenvalue weighted by Gasteiger charge is -2.35. The van der Waals surface area contributed by atoms with Crippen LogP contribution < -0.4 is 5.32 Å². The minimum absolute atomic E-state index is 0.103. The number of benzene rings is 2. The number of hydrogen-bond acceptors (Lipinski definition) is 5. The molecule has 1 saturated heterocycles. The molecule has 0 radical (unpaired) electrons. The van der Waals surface area contributed by atoms with E-state index < -0.39 is 40.6 Å². The number of nitrogens with zero attached hydrogens (tertiary/aromatic N) is 1. The van der Waals surface area contributed by atoms with E-state index in [1.54, 1.807) is 23.1 Å². The minimum Gasteiger partial charge on any atom is -0.435 e. The maximum atomic E-state index is 13.6. The summed E-state index contributed by atoms with van der Waals surface area (Å²) >= 11 is 0. The van der Waals surface area contributed by atoms with Crippen molar-refractivity contribution in [3.8, 4) is 0 Å². The third-order valence-electron chi connectivity index (χ3n) is 5.39. The molecule has 0 aromatic heterocycles. The molecule has 1 N–H and O–H groups in total. The number of rotatable bonds is 6. The number of ether oxygens (including phenoxy) is 1. The number of likely N-dealkylation sites (tertiary alicyclic amines) is 1. The van der Waals surface area contributed by atoms with E-state index in [2.05, 4.69) is 10.1 Å². The Morgan fingerprint density at radius 2 is 1.91 bits per heavy atom. The average molecular weight is 489 g/mol. The molecule has 1 heterocycles. The third kappa shape index (κ3) is 7.16. The van der Waals surface area contributed by atoms with Gasteiger partial charge in [0.15, 0.2) is 9.84 Å². The summed E-state index contributed by atoms with van der Waals surface area (Å²) in [6.45, 7) is 0.100. The van der Waals surface area contributed by atoms with Crippen molar-refractivity contribution in [2.45, 2.75) is 35.9 Å². The molecule has 0 aliphatic carbocycles. The first kappa shape index (κ1) is 25.0. The molecule has 1 fully saturated rings. The van der Waals surface area contributed by atoms with Gasteiger partial charge in [-0.2, -0.15) is 13.2 Å². The molecular weight excluding hydrogens is 464 g/mol. The number of carbonyl (C=O) groups excluding carboxylic acids is 1. The van der Waals surface area contributed by atoms with E-state index in [1.165, 1.54) is 18.2 Å². The van der Waals surface area contributed by atoms with Crippen LogP contribution in [0.5, 0.6) is 0 Å². The molecule has 1 aliphatic rings. The number of halogens is 4. The molecular formula is C22H24F4N2O4S. The first-order valence-electron chi connectivity index (χ1n) is 10.2. The lowest BCUT2D eigenvalue weighted by Crippen LogP contribution is -2.47. The molecule has 3 rings (SSSR count). The van der Waals surface area contributed by atoms with Gasteiger partial charge in [-0.15, -0.1) is 0 Å². The standard InChI is InChI=1S/C22H24F4N2O4S/c1-33(30,31)19-6-2-4-15(12-19)16-5-3-11-28(13-16)14-20(22(24,25)26)32-21(29)27-18-9-7-17(23)8-10-18/h2,4,6-10,12,16,20H,3,5,11,13-14H2,1H3,(H,27,29)/t16?,20-/m0/s1. The Balaban J connectivity index is 1.66. The number of sulfone groups is 1. The first-order valence-corrected chi connectivity index (χ1v) is 12.1. The molecule has 0 bridgehead atoms. The molecule has 2 atom stereocenters. The highest BCUT2D eigenvalue weighted by atomic mass is 32.2. The molecule has 180 valence electrons. The number of amides is 1. The SMILES string of the molecule is CS(=O)(=O)c1cccc(C2CCCN(C[C@H](OC(=O)Nc3ccc(F)cc3)C(F)(F)F)C2)c1. The van der Waals surface area contributed by atoms with Gasteiger partial charge in [-0.1, -0.05) is 12.1 Å². The number of anilines is 1. The van der Waals surface area contributed by atoms with E-state index in [-0.39, 0.29) is 23.0 Å². The van der Waals surface area contributed by atoms with E-state index in [0.29, 0.717) is 19.4 Å². The van der Waals surface area contributed by atoms with Gasteiger partial charge in [0.1, 0.15) is 5.82 Å². The summed E-state index contributed by atoms with van der Waals surface area (Å²) in [5.41, 5.74) is 0.840. The molecule has 6 nitrogen and oxygen atoms in total. The van der Waals surface area contributed by atoms with Gasteiger partial charge in [-0.3, -0.25) is 10.2 Å². The minimum atomic E-state index is -4.79. The van der Waals surface area contributed by atoms with Gasteiger partial charge in [-0.25, -0.2) is 17.6 Å². The second-order valence-electron chi connectivity index (χ2n) is 8.01. The van der Waals surface area contributed by atoms with Crippen molar-refractivity contribution in [1.82, 2.24) is 4.90 Å². The van der Waals surface area contributed by atoms with Crippen molar-refractivity contribution in [2.75, 3.05) is 31.2 Å². The zero-order chi connectivity index (χ0) is 24.2. The lowest BCUT2D eigenvalue weighted by atomic mass is 9.90. The van der Waals surface area contributed by atoms with Crippen LogP contribution in [0.3, 0.4) is 0 Å². The van der Waals surface area contributed by atoms with Crippen molar-refractivity contribution in [3.63, 3.8) is 0 Å². The Morgan fingerprint density at radius 3 is 2.55 bits per heavy atom. The number of carbonyl (C=O) groups is 1. The van der Waals surface area contributed by atoms with Crippen LogP contribution in [0.25, 0.3) is 0 Å². The number of nitrogens with one attached hydrogen (secondary N) is 1. The van der Waals surface area contributed by atoms with E-state index >= 15 is 0 Å². The van der Waals surface area contributed by atoms with Crippen molar-refractivity contribution >= 4 is 21.6 Å². The fourth-order valence-electron chi connectivity index (χ4n) is 3.74. The van der Waals surface area contributed by atoms with E-state index in [1.807, 2.05) is 0 Å². The van der Waals surface area contributed by atoms with Crippen molar-refractivity contribution < 1.29 is 35.5 Å². The van der Waals surface area contributed by atoms with Crippen LogP contribution in [0.2, 0.25) is 0 Å². The molecule has 1 amide bonds. The summed E-state index contributed by atoms with van der Waals surface area (Å²) in [4.78, 5) is 13.7. The Hall–Kier alpha value is -2.66. The zero-order valence-corrected chi connectivity index (χ0v) is 18.6. The topological polar surface area (TPSA) is 75.7 Å². The Labute approximate surface area is 189 Å². The molecule has 1 aliphatic heterocycles. The summed E-state index contributed by atoms with van der Waals surface area (Å²) in [7, 11) is -3.41. The zero-order valence-electron chi connectivity index (χ0n) is 17.8. The summed E-state index contributed by atoms with van der Waals surface area (Å²) < 4.78 is 82.0. The summed E-state index contributed by atoms with van der Waals surface area (Å²) in [6, 6.07) is 10.9.